The highest BCUT2D eigenvalue weighted by Gasteiger charge is 2.17. The van der Waals surface area contributed by atoms with Crippen molar-refractivity contribution >= 4 is 34.3 Å². The van der Waals surface area contributed by atoms with E-state index in [1.807, 2.05) is 0 Å². The number of hydrogen-bond acceptors (Lipinski definition) is 6. The summed E-state index contributed by atoms with van der Waals surface area (Å²) < 4.78 is 39.3. The van der Waals surface area contributed by atoms with Gasteiger partial charge in [-0.3, -0.25) is 14.2 Å². The minimum absolute atomic E-state index is 0.200. The van der Waals surface area contributed by atoms with Gasteiger partial charge in [-0.2, -0.15) is 0 Å². The lowest BCUT2D eigenvalue weighted by Gasteiger charge is -2.15. The lowest BCUT2D eigenvalue weighted by atomic mass is 10.2. The molecule has 0 atom stereocenters. The topological polar surface area (TPSA) is 82.5 Å². The van der Waals surface area contributed by atoms with E-state index in [1.165, 1.54) is 18.8 Å². The fourth-order valence-corrected chi connectivity index (χ4v) is 4.12. The zero-order valence-electron chi connectivity index (χ0n) is 18.2. The van der Waals surface area contributed by atoms with Crippen molar-refractivity contribution in [2.24, 2.45) is 0 Å². The first-order valence-corrected chi connectivity index (χ1v) is 11.0. The number of thioether (sulfide) groups is 1. The summed E-state index contributed by atoms with van der Waals surface area (Å²) in [4.78, 5) is 30.4. The van der Waals surface area contributed by atoms with Crippen molar-refractivity contribution in [3.05, 3.63) is 82.7 Å². The number of fused-ring (bicyclic) bond motifs is 1. The maximum atomic E-state index is 13.9. The van der Waals surface area contributed by atoms with E-state index in [1.54, 1.807) is 42.5 Å². The van der Waals surface area contributed by atoms with Crippen LogP contribution in [-0.4, -0.2) is 35.4 Å². The number of nitrogens with one attached hydrogen (secondary N) is 1. The smallest absolute Gasteiger partial charge is 0.266 e. The molecule has 0 aliphatic heterocycles. The summed E-state index contributed by atoms with van der Waals surface area (Å²) in [6.45, 7) is 0. The molecular formula is C24H19F2N3O4S. The first-order valence-electron chi connectivity index (χ1n) is 10.0. The van der Waals surface area contributed by atoms with Gasteiger partial charge in [0, 0.05) is 12.1 Å². The Hall–Kier alpha value is -3.92. The Labute approximate surface area is 197 Å². The largest absolute Gasteiger partial charge is 0.493 e. The maximum Gasteiger partial charge on any atom is 0.266 e. The van der Waals surface area contributed by atoms with Gasteiger partial charge in [0.05, 0.1) is 42.3 Å². The van der Waals surface area contributed by atoms with Crippen LogP contribution in [0.3, 0.4) is 0 Å². The van der Waals surface area contributed by atoms with E-state index in [2.05, 4.69) is 10.3 Å². The monoisotopic (exact) mass is 483 g/mol. The Kier molecular flexibility index (Phi) is 6.78. The molecule has 4 aromatic rings. The molecule has 0 saturated heterocycles. The third-order valence-corrected chi connectivity index (χ3v) is 5.84. The molecule has 7 nitrogen and oxygen atoms in total. The van der Waals surface area contributed by atoms with Crippen LogP contribution in [0.1, 0.15) is 0 Å². The van der Waals surface area contributed by atoms with Crippen LogP contribution in [0.25, 0.3) is 16.6 Å². The van der Waals surface area contributed by atoms with Crippen molar-refractivity contribution in [2.45, 2.75) is 5.16 Å². The molecule has 0 radical (unpaired) electrons. The zero-order chi connectivity index (χ0) is 24.2. The average Bonchev–Trinajstić information content (AvgIpc) is 2.84. The second-order valence-corrected chi connectivity index (χ2v) is 7.99. The normalized spacial score (nSPS) is 10.8. The molecule has 0 fully saturated rings. The predicted octanol–water partition coefficient (Wildman–Crippen LogP) is 4.41. The highest BCUT2D eigenvalue weighted by Crippen LogP contribution is 2.30. The molecule has 3 aromatic carbocycles. The molecule has 0 bridgehead atoms. The number of carbonyl (C=O) groups excluding carboxylic acids is 1. The number of ether oxygens (including phenoxy) is 2. The van der Waals surface area contributed by atoms with Crippen LogP contribution in [0.2, 0.25) is 0 Å². The van der Waals surface area contributed by atoms with Gasteiger partial charge in [0.15, 0.2) is 16.7 Å². The van der Waals surface area contributed by atoms with E-state index in [9.17, 15) is 18.4 Å². The van der Waals surface area contributed by atoms with Crippen molar-refractivity contribution in [2.75, 3.05) is 25.3 Å². The highest BCUT2D eigenvalue weighted by molar-refractivity contribution is 7.99. The van der Waals surface area contributed by atoms with Crippen molar-refractivity contribution in [1.29, 1.82) is 0 Å². The molecule has 0 spiro atoms. The van der Waals surface area contributed by atoms with E-state index in [0.717, 1.165) is 30.0 Å². The minimum atomic E-state index is -0.759. The van der Waals surface area contributed by atoms with E-state index in [-0.39, 0.29) is 22.2 Å². The van der Waals surface area contributed by atoms with Gasteiger partial charge in [-0.1, -0.05) is 23.9 Å². The molecule has 10 heteroatoms. The SMILES string of the molecule is COc1ccc(-n2c(SCC(=O)Nc3cc(F)ccc3F)nc3ccccc3c2=O)cc1OC. The number of amides is 1. The van der Waals surface area contributed by atoms with Gasteiger partial charge < -0.3 is 14.8 Å². The van der Waals surface area contributed by atoms with Gasteiger partial charge in [-0.25, -0.2) is 13.8 Å². The molecule has 1 amide bonds. The Balaban J connectivity index is 1.71. The van der Waals surface area contributed by atoms with Crippen LogP contribution in [0.15, 0.2) is 70.6 Å². The van der Waals surface area contributed by atoms with Crippen LogP contribution in [0, 0.1) is 11.6 Å². The second-order valence-electron chi connectivity index (χ2n) is 7.05. The van der Waals surface area contributed by atoms with E-state index >= 15 is 0 Å². The number of anilines is 1. The van der Waals surface area contributed by atoms with Gasteiger partial charge in [0.1, 0.15) is 11.6 Å². The maximum absolute atomic E-state index is 13.9. The highest BCUT2D eigenvalue weighted by atomic mass is 32.2. The predicted molar refractivity (Wildman–Crippen MR) is 126 cm³/mol. The number of aromatic nitrogens is 2. The zero-order valence-corrected chi connectivity index (χ0v) is 19.0. The first kappa shape index (κ1) is 23.2. The number of rotatable bonds is 7. The number of methoxy groups -OCH3 is 2. The van der Waals surface area contributed by atoms with Crippen molar-refractivity contribution in [3.8, 4) is 17.2 Å². The Morgan fingerprint density at radius 1 is 1.03 bits per heavy atom. The molecule has 0 aliphatic carbocycles. The van der Waals surface area contributed by atoms with Crippen LogP contribution < -0.4 is 20.3 Å². The summed E-state index contributed by atoms with van der Waals surface area (Å²) in [5.41, 5.74) is 0.314. The molecule has 34 heavy (non-hydrogen) atoms. The Morgan fingerprint density at radius 2 is 1.79 bits per heavy atom. The number of carbonyl (C=O) groups is 1. The van der Waals surface area contributed by atoms with E-state index < -0.39 is 17.5 Å². The summed E-state index contributed by atoms with van der Waals surface area (Å²) in [6.07, 6.45) is 0. The first-order chi connectivity index (χ1) is 16.4. The summed E-state index contributed by atoms with van der Waals surface area (Å²) in [7, 11) is 2.98. The van der Waals surface area contributed by atoms with Gasteiger partial charge in [0.25, 0.3) is 5.56 Å². The van der Waals surface area contributed by atoms with Gasteiger partial charge >= 0.3 is 0 Å². The number of benzene rings is 3. The van der Waals surface area contributed by atoms with Gasteiger partial charge in [0.2, 0.25) is 5.91 Å². The molecular weight excluding hydrogens is 464 g/mol. The summed E-state index contributed by atoms with van der Waals surface area (Å²) in [5.74, 6) is -1.33. The third kappa shape index (κ3) is 4.72. The average molecular weight is 483 g/mol. The summed E-state index contributed by atoms with van der Waals surface area (Å²) in [6, 6.07) is 14.6. The van der Waals surface area contributed by atoms with Crippen LogP contribution in [0.4, 0.5) is 14.5 Å². The summed E-state index contributed by atoms with van der Waals surface area (Å²) >= 11 is 0.983. The Bertz CT molecular complexity index is 1440. The Morgan fingerprint density at radius 3 is 2.56 bits per heavy atom. The quantitative estimate of drug-likeness (QED) is 0.310. The van der Waals surface area contributed by atoms with Crippen molar-refractivity contribution in [1.82, 2.24) is 9.55 Å². The number of para-hydroxylation sites is 1. The summed E-state index contributed by atoms with van der Waals surface area (Å²) in [5, 5.41) is 2.98. The molecule has 1 aromatic heterocycles. The molecule has 0 unspecified atom stereocenters. The lowest BCUT2D eigenvalue weighted by molar-refractivity contribution is -0.113. The van der Waals surface area contributed by atoms with Gasteiger partial charge in [-0.15, -0.1) is 0 Å². The van der Waals surface area contributed by atoms with E-state index in [0.29, 0.717) is 28.1 Å². The molecule has 1 N–H and O–H groups in total. The van der Waals surface area contributed by atoms with Gasteiger partial charge in [-0.05, 0) is 36.4 Å². The van der Waals surface area contributed by atoms with Crippen molar-refractivity contribution in [3.63, 3.8) is 0 Å². The van der Waals surface area contributed by atoms with Crippen LogP contribution in [0.5, 0.6) is 11.5 Å². The fraction of sp³-hybridized carbons (Fsp3) is 0.125. The third-order valence-electron chi connectivity index (χ3n) is 4.91. The molecule has 4 rings (SSSR count). The number of nitrogens with zero attached hydrogens (tertiary/aromatic N) is 2. The fourth-order valence-electron chi connectivity index (χ4n) is 3.31. The molecule has 1 heterocycles. The van der Waals surface area contributed by atoms with E-state index in [4.69, 9.17) is 9.47 Å². The number of halogens is 2. The second kappa shape index (κ2) is 9.92. The molecule has 174 valence electrons. The molecule has 0 saturated carbocycles. The minimum Gasteiger partial charge on any atom is -0.493 e. The standard InChI is InChI=1S/C24H19F2N3O4S/c1-32-20-10-8-15(12-21(20)33-2)29-23(31)16-5-3-4-6-18(16)28-24(29)34-13-22(30)27-19-11-14(25)7-9-17(19)26/h3-12H,13H2,1-2H3,(H,27,30). The molecule has 0 aliphatic rings. The van der Waals surface area contributed by atoms with Crippen LogP contribution in [-0.2, 0) is 4.79 Å². The lowest BCUT2D eigenvalue weighted by Crippen LogP contribution is -2.23. The van der Waals surface area contributed by atoms with Crippen LogP contribution >= 0.6 is 11.8 Å². The number of hydrogen-bond donors (Lipinski definition) is 1. The van der Waals surface area contributed by atoms with Crippen molar-refractivity contribution < 1.29 is 23.0 Å².